The van der Waals surface area contributed by atoms with Crippen molar-refractivity contribution in [3.05, 3.63) is 0 Å². The Kier molecular flexibility index (Phi) is 7.90. The summed E-state index contributed by atoms with van der Waals surface area (Å²) in [6.07, 6.45) is 2.52. The van der Waals surface area contributed by atoms with Crippen LogP contribution in [0.1, 0.15) is 33.6 Å². The van der Waals surface area contributed by atoms with Gasteiger partial charge in [-0.1, -0.05) is 0 Å². The van der Waals surface area contributed by atoms with E-state index in [1.54, 1.807) is 0 Å². The van der Waals surface area contributed by atoms with Crippen LogP contribution >= 0.6 is 0 Å². The summed E-state index contributed by atoms with van der Waals surface area (Å²) >= 11 is -0.216. The minimum atomic E-state index is -0.216. The molecule has 0 bridgehead atoms. The molecular formula is C7H16AlO2+. The Morgan fingerprint density at radius 1 is 1.40 bits per heavy atom. The summed E-state index contributed by atoms with van der Waals surface area (Å²) in [5, 5.41) is 0. The SMILES string of the molecule is CCC[O][Al+][O]C(C)CC. The van der Waals surface area contributed by atoms with Crippen LogP contribution in [0.2, 0.25) is 0 Å². The van der Waals surface area contributed by atoms with Crippen LogP contribution in [-0.4, -0.2) is 28.6 Å². The number of rotatable bonds is 6. The zero-order valence-electron chi connectivity index (χ0n) is 7.09. The van der Waals surface area contributed by atoms with Crippen LogP contribution in [0.15, 0.2) is 0 Å². The Morgan fingerprint density at radius 3 is 2.60 bits per heavy atom. The van der Waals surface area contributed by atoms with Crippen molar-refractivity contribution in [3.8, 4) is 0 Å². The molecule has 0 heterocycles. The van der Waals surface area contributed by atoms with Gasteiger partial charge >= 0.3 is 69.8 Å². The minimum absolute atomic E-state index is 0.216. The van der Waals surface area contributed by atoms with Gasteiger partial charge in [-0.2, -0.15) is 0 Å². The maximum absolute atomic E-state index is 5.35. The summed E-state index contributed by atoms with van der Waals surface area (Å²) in [5.41, 5.74) is 0. The van der Waals surface area contributed by atoms with Crippen LogP contribution < -0.4 is 0 Å². The van der Waals surface area contributed by atoms with E-state index in [1.165, 1.54) is 0 Å². The van der Waals surface area contributed by atoms with Crippen LogP contribution in [0.3, 0.4) is 0 Å². The average Bonchev–Trinajstić information content (AvgIpc) is 1.98. The van der Waals surface area contributed by atoms with E-state index in [0.29, 0.717) is 6.10 Å². The predicted molar refractivity (Wildman–Crippen MR) is 42.8 cm³/mol. The van der Waals surface area contributed by atoms with Gasteiger partial charge in [0.2, 0.25) is 0 Å². The number of hydrogen-bond donors (Lipinski definition) is 0. The van der Waals surface area contributed by atoms with Gasteiger partial charge < -0.3 is 0 Å². The van der Waals surface area contributed by atoms with E-state index in [1.807, 2.05) is 0 Å². The molecule has 0 N–H and O–H groups in total. The van der Waals surface area contributed by atoms with Crippen molar-refractivity contribution >= 4 is 15.9 Å². The first-order valence-corrected chi connectivity index (χ1v) is 4.84. The molecule has 0 saturated heterocycles. The Balaban J connectivity index is 2.89. The van der Waals surface area contributed by atoms with Crippen LogP contribution in [0.25, 0.3) is 0 Å². The van der Waals surface area contributed by atoms with Crippen molar-refractivity contribution in [1.82, 2.24) is 0 Å². The fourth-order valence-electron chi connectivity index (χ4n) is 0.396. The zero-order chi connectivity index (χ0) is 7.82. The Hall–Kier alpha value is 0.452. The van der Waals surface area contributed by atoms with Gasteiger partial charge in [-0.05, 0) is 0 Å². The molecule has 2 nitrogen and oxygen atoms in total. The van der Waals surface area contributed by atoms with Crippen molar-refractivity contribution in [3.63, 3.8) is 0 Å². The van der Waals surface area contributed by atoms with E-state index in [2.05, 4.69) is 20.8 Å². The molecule has 0 aromatic rings. The molecule has 0 fully saturated rings. The molecule has 0 radical (unpaired) electrons. The fourth-order valence-corrected chi connectivity index (χ4v) is 1.19. The van der Waals surface area contributed by atoms with Crippen molar-refractivity contribution < 1.29 is 7.58 Å². The van der Waals surface area contributed by atoms with Gasteiger partial charge in [0.1, 0.15) is 0 Å². The van der Waals surface area contributed by atoms with E-state index >= 15 is 0 Å². The van der Waals surface area contributed by atoms with E-state index < -0.39 is 0 Å². The summed E-state index contributed by atoms with van der Waals surface area (Å²) in [6.45, 7) is 7.13. The van der Waals surface area contributed by atoms with Crippen molar-refractivity contribution in [2.75, 3.05) is 6.61 Å². The van der Waals surface area contributed by atoms with E-state index in [4.69, 9.17) is 7.58 Å². The molecule has 0 amide bonds. The zero-order valence-corrected chi connectivity index (χ0v) is 8.25. The summed E-state index contributed by atoms with van der Waals surface area (Å²) in [4.78, 5) is 0. The van der Waals surface area contributed by atoms with Gasteiger partial charge in [0.05, 0.1) is 0 Å². The molecule has 1 unspecified atom stereocenters. The summed E-state index contributed by atoms with van der Waals surface area (Å²) in [6, 6.07) is 0. The second-order valence-electron chi connectivity index (χ2n) is 2.32. The van der Waals surface area contributed by atoms with Crippen LogP contribution in [0.4, 0.5) is 0 Å². The molecule has 58 valence electrons. The quantitative estimate of drug-likeness (QED) is 0.434. The standard InChI is InChI=1S/C4H9O.C3H7O.Al/c1-3-4(2)5;1-2-3-4;/h4H,3H2,1-2H3;2-3H2,1H3;/q2*-1;+3. The van der Waals surface area contributed by atoms with Gasteiger partial charge in [-0.15, -0.1) is 0 Å². The second kappa shape index (κ2) is 7.56. The first kappa shape index (κ1) is 10.5. The van der Waals surface area contributed by atoms with Gasteiger partial charge in [-0.3, -0.25) is 0 Å². The Labute approximate surface area is 70.3 Å². The summed E-state index contributed by atoms with van der Waals surface area (Å²) in [7, 11) is 0. The van der Waals surface area contributed by atoms with Crippen LogP contribution in [-0.2, 0) is 7.58 Å². The van der Waals surface area contributed by atoms with Gasteiger partial charge in [0.25, 0.3) is 0 Å². The van der Waals surface area contributed by atoms with Crippen molar-refractivity contribution in [2.45, 2.75) is 39.7 Å². The third-order valence-electron chi connectivity index (χ3n) is 1.25. The molecule has 0 aromatic heterocycles. The molecular weight excluding hydrogens is 143 g/mol. The monoisotopic (exact) mass is 159 g/mol. The van der Waals surface area contributed by atoms with E-state index in [-0.39, 0.29) is 15.9 Å². The van der Waals surface area contributed by atoms with E-state index in [9.17, 15) is 0 Å². The van der Waals surface area contributed by atoms with Crippen molar-refractivity contribution in [1.29, 1.82) is 0 Å². The first-order chi connectivity index (χ1) is 4.81. The third-order valence-corrected chi connectivity index (χ3v) is 2.20. The summed E-state index contributed by atoms with van der Waals surface area (Å²) < 4.78 is 10.6. The van der Waals surface area contributed by atoms with Gasteiger partial charge in [0, 0.05) is 0 Å². The Morgan fingerprint density at radius 2 is 2.10 bits per heavy atom. The van der Waals surface area contributed by atoms with Gasteiger partial charge in [-0.25, -0.2) is 0 Å². The molecule has 0 aliphatic rings. The third kappa shape index (κ3) is 6.57. The van der Waals surface area contributed by atoms with Gasteiger partial charge in [0.15, 0.2) is 0 Å². The van der Waals surface area contributed by atoms with Crippen molar-refractivity contribution in [2.24, 2.45) is 0 Å². The molecule has 0 aromatic carbocycles. The van der Waals surface area contributed by atoms with Crippen LogP contribution in [0.5, 0.6) is 0 Å². The summed E-state index contributed by atoms with van der Waals surface area (Å²) in [5.74, 6) is 0. The molecule has 0 rings (SSSR count). The normalized spacial score (nSPS) is 12.7. The van der Waals surface area contributed by atoms with E-state index in [0.717, 1.165) is 19.4 Å². The Bertz CT molecular complexity index is 68.6. The maximum atomic E-state index is 5.35. The average molecular weight is 159 g/mol. The fraction of sp³-hybridized carbons (Fsp3) is 1.00. The molecule has 0 aliphatic carbocycles. The topological polar surface area (TPSA) is 18.5 Å². The number of hydrogen-bond acceptors (Lipinski definition) is 2. The van der Waals surface area contributed by atoms with Crippen LogP contribution in [0, 0.1) is 0 Å². The first-order valence-electron chi connectivity index (χ1n) is 3.90. The molecule has 1 atom stereocenters. The molecule has 0 saturated carbocycles. The molecule has 0 aliphatic heterocycles. The molecule has 0 spiro atoms. The molecule has 10 heavy (non-hydrogen) atoms. The second-order valence-corrected chi connectivity index (χ2v) is 3.12. The predicted octanol–water partition coefficient (Wildman–Crippen LogP) is 1.76. The molecule has 3 heteroatoms.